The van der Waals surface area contributed by atoms with Crippen LogP contribution in [0.25, 0.3) is 11.4 Å². The van der Waals surface area contributed by atoms with Crippen LogP contribution in [0.2, 0.25) is 0 Å². The van der Waals surface area contributed by atoms with Gasteiger partial charge in [-0.2, -0.15) is 5.10 Å². The van der Waals surface area contributed by atoms with Gasteiger partial charge in [0.15, 0.2) is 11.5 Å². The zero-order valence-corrected chi connectivity index (χ0v) is 17.9. The average molecular weight is 445 g/mol. The van der Waals surface area contributed by atoms with Crippen molar-refractivity contribution in [2.24, 2.45) is 0 Å². The lowest BCUT2D eigenvalue weighted by Gasteiger charge is -2.34. The van der Waals surface area contributed by atoms with E-state index < -0.39 is 5.82 Å². The van der Waals surface area contributed by atoms with E-state index in [4.69, 9.17) is 10.1 Å². The number of nitrogens with one attached hydrogen (secondary N) is 2. The lowest BCUT2D eigenvalue weighted by molar-refractivity contribution is 0.0305. The van der Waals surface area contributed by atoms with Crippen molar-refractivity contribution >= 4 is 23.3 Å². The first-order chi connectivity index (χ1) is 16.1. The van der Waals surface area contributed by atoms with Gasteiger partial charge in [-0.1, -0.05) is 18.2 Å². The SMILES string of the molecule is N=C/C=C(\Nc1ccccc1)c1nn(-c2ccc(N3CC4CCC(C3)O4)cc2F)ccc1=O. The molecule has 8 heteroatoms. The molecular weight excluding hydrogens is 421 g/mol. The fraction of sp³-hybridized carbons (Fsp3) is 0.240. The fourth-order valence-electron chi connectivity index (χ4n) is 4.37. The van der Waals surface area contributed by atoms with Crippen molar-refractivity contribution in [2.75, 3.05) is 23.3 Å². The molecular formula is C25H24FN5O2. The van der Waals surface area contributed by atoms with E-state index in [1.807, 2.05) is 36.4 Å². The van der Waals surface area contributed by atoms with Crippen LogP contribution in [-0.2, 0) is 4.74 Å². The number of allylic oxidation sites excluding steroid dienone is 1. The van der Waals surface area contributed by atoms with Crippen molar-refractivity contribution in [1.29, 1.82) is 5.41 Å². The van der Waals surface area contributed by atoms with Crippen molar-refractivity contribution < 1.29 is 9.13 Å². The molecule has 7 nitrogen and oxygen atoms in total. The summed E-state index contributed by atoms with van der Waals surface area (Å²) in [5, 5.41) is 15.0. The highest BCUT2D eigenvalue weighted by molar-refractivity contribution is 5.86. The Bertz CT molecular complexity index is 1250. The number of aromatic nitrogens is 2. The molecule has 2 unspecified atom stereocenters. The summed E-state index contributed by atoms with van der Waals surface area (Å²) < 4.78 is 22.4. The Labute approximate surface area is 190 Å². The van der Waals surface area contributed by atoms with Gasteiger partial charge in [0.05, 0.1) is 17.9 Å². The van der Waals surface area contributed by atoms with Gasteiger partial charge in [0.2, 0.25) is 5.43 Å². The minimum Gasteiger partial charge on any atom is -0.371 e. The number of hydrogen-bond donors (Lipinski definition) is 2. The van der Waals surface area contributed by atoms with Crippen molar-refractivity contribution in [3.8, 4) is 5.69 Å². The summed E-state index contributed by atoms with van der Waals surface area (Å²) in [4.78, 5) is 14.7. The topological polar surface area (TPSA) is 83.2 Å². The van der Waals surface area contributed by atoms with Crippen LogP contribution in [0.5, 0.6) is 0 Å². The van der Waals surface area contributed by atoms with Gasteiger partial charge in [-0.25, -0.2) is 9.07 Å². The molecule has 2 N–H and O–H groups in total. The first kappa shape index (κ1) is 21.1. The van der Waals surface area contributed by atoms with E-state index in [0.717, 1.165) is 43.5 Å². The van der Waals surface area contributed by atoms with Crippen LogP contribution in [0, 0.1) is 11.2 Å². The van der Waals surface area contributed by atoms with Gasteiger partial charge in [-0.3, -0.25) is 4.79 Å². The van der Waals surface area contributed by atoms with E-state index in [1.54, 1.807) is 6.07 Å². The van der Waals surface area contributed by atoms with E-state index in [0.29, 0.717) is 5.70 Å². The Balaban J connectivity index is 1.45. The molecule has 0 radical (unpaired) electrons. The number of ether oxygens (including phenoxy) is 1. The molecule has 168 valence electrons. The molecule has 33 heavy (non-hydrogen) atoms. The van der Waals surface area contributed by atoms with Crippen LogP contribution in [0.4, 0.5) is 15.8 Å². The van der Waals surface area contributed by atoms with E-state index in [-0.39, 0.29) is 29.0 Å². The highest BCUT2D eigenvalue weighted by Gasteiger charge is 2.33. The molecule has 2 aromatic carbocycles. The van der Waals surface area contributed by atoms with Crippen molar-refractivity contribution in [3.05, 3.63) is 88.6 Å². The normalized spacial score (nSPS) is 20.0. The molecule has 2 atom stereocenters. The highest BCUT2D eigenvalue weighted by atomic mass is 19.1. The molecule has 1 aromatic heterocycles. The summed E-state index contributed by atoms with van der Waals surface area (Å²) in [5.41, 5.74) is 1.92. The third-order valence-corrected chi connectivity index (χ3v) is 5.95. The minimum atomic E-state index is -0.429. The van der Waals surface area contributed by atoms with Crippen LogP contribution < -0.4 is 15.6 Å². The number of morpholine rings is 1. The first-order valence-electron chi connectivity index (χ1n) is 10.9. The van der Waals surface area contributed by atoms with E-state index in [1.165, 1.54) is 29.1 Å². The monoisotopic (exact) mass is 445 g/mol. The molecule has 3 aromatic rings. The molecule has 0 amide bonds. The van der Waals surface area contributed by atoms with Gasteiger partial charge in [0, 0.05) is 42.9 Å². The Kier molecular flexibility index (Phi) is 5.75. The quantitative estimate of drug-likeness (QED) is 0.564. The summed E-state index contributed by atoms with van der Waals surface area (Å²) in [7, 11) is 0. The van der Waals surface area contributed by atoms with Crippen LogP contribution in [0.1, 0.15) is 18.5 Å². The molecule has 5 rings (SSSR count). The predicted octanol–water partition coefficient (Wildman–Crippen LogP) is 3.84. The maximum Gasteiger partial charge on any atom is 0.209 e. The number of para-hydroxylation sites is 1. The van der Waals surface area contributed by atoms with E-state index >= 15 is 4.39 Å². The second kappa shape index (κ2) is 8.99. The second-order valence-electron chi connectivity index (χ2n) is 8.21. The van der Waals surface area contributed by atoms with Crippen LogP contribution >= 0.6 is 0 Å². The third-order valence-electron chi connectivity index (χ3n) is 5.95. The van der Waals surface area contributed by atoms with Gasteiger partial charge in [-0.15, -0.1) is 0 Å². The second-order valence-corrected chi connectivity index (χ2v) is 8.21. The smallest absolute Gasteiger partial charge is 0.209 e. The molecule has 2 aliphatic heterocycles. The standard InChI is InChI=1S/C25H24FN5O2/c26-21-14-18(30-15-19-7-8-20(16-30)33-19)6-9-23(21)31-13-11-24(32)25(29-31)22(10-12-27)28-17-4-2-1-3-5-17/h1-6,9-14,19-20,27-28H,7-8,15-16H2/b22-10-,27-12?. The zero-order chi connectivity index (χ0) is 22.8. The Morgan fingerprint density at radius 1 is 1.12 bits per heavy atom. The lowest BCUT2D eigenvalue weighted by atomic mass is 10.2. The zero-order valence-electron chi connectivity index (χ0n) is 17.9. The van der Waals surface area contributed by atoms with Gasteiger partial charge in [-0.05, 0) is 49.2 Å². The van der Waals surface area contributed by atoms with Crippen LogP contribution in [-0.4, -0.2) is 41.3 Å². The van der Waals surface area contributed by atoms with Crippen molar-refractivity contribution in [2.45, 2.75) is 25.0 Å². The molecule has 3 heterocycles. The summed E-state index contributed by atoms with van der Waals surface area (Å²) in [6, 6.07) is 15.7. The third kappa shape index (κ3) is 4.42. The number of halogens is 1. The predicted molar refractivity (Wildman–Crippen MR) is 127 cm³/mol. The minimum absolute atomic E-state index is 0.0954. The van der Waals surface area contributed by atoms with Crippen molar-refractivity contribution in [1.82, 2.24) is 9.78 Å². The van der Waals surface area contributed by atoms with Gasteiger partial charge in [0.25, 0.3) is 0 Å². The number of anilines is 2. The molecule has 2 saturated heterocycles. The van der Waals surface area contributed by atoms with Crippen molar-refractivity contribution in [3.63, 3.8) is 0 Å². The summed E-state index contributed by atoms with van der Waals surface area (Å²) >= 11 is 0. The van der Waals surface area contributed by atoms with Gasteiger partial charge < -0.3 is 20.4 Å². The first-order valence-corrected chi connectivity index (χ1v) is 10.9. The Hall–Kier alpha value is -3.78. The molecule has 2 fully saturated rings. The summed E-state index contributed by atoms with van der Waals surface area (Å²) in [6.07, 6.45) is 6.51. The maximum absolute atomic E-state index is 15.2. The average Bonchev–Trinajstić information content (AvgIpc) is 3.17. The number of fused-ring (bicyclic) bond motifs is 2. The van der Waals surface area contributed by atoms with Gasteiger partial charge in [0.1, 0.15) is 5.69 Å². The Morgan fingerprint density at radius 2 is 1.88 bits per heavy atom. The lowest BCUT2D eigenvalue weighted by Crippen LogP contribution is -2.42. The molecule has 2 aliphatic rings. The number of rotatable bonds is 6. The summed E-state index contributed by atoms with van der Waals surface area (Å²) in [6.45, 7) is 1.53. The molecule has 0 aliphatic carbocycles. The van der Waals surface area contributed by atoms with E-state index in [2.05, 4.69) is 15.3 Å². The number of hydrogen-bond acceptors (Lipinski definition) is 6. The van der Waals surface area contributed by atoms with Crippen LogP contribution in [0.3, 0.4) is 0 Å². The van der Waals surface area contributed by atoms with E-state index in [9.17, 15) is 4.79 Å². The number of nitrogens with zero attached hydrogens (tertiary/aromatic N) is 3. The fourth-order valence-corrected chi connectivity index (χ4v) is 4.37. The maximum atomic E-state index is 15.2. The van der Waals surface area contributed by atoms with Gasteiger partial charge >= 0.3 is 0 Å². The molecule has 0 spiro atoms. The van der Waals surface area contributed by atoms with Crippen LogP contribution in [0.15, 0.2) is 71.7 Å². The molecule has 2 bridgehead atoms. The summed E-state index contributed by atoms with van der Waals surface area (Å²) in [5.74, 6) is -0.429. The Morgan fingerprint density at radius 3 is 2.58 bits per heavy atom. The largest absolute Gasteiger partial charge is 0.371 e. The highest BCUT2D eigenvalue weighted by Crippen LogP contribution is 2.30. The molecule has 0 saturated carbocycles. The number of benzene rings is 2.